The van der Waals surface area contributed by atoms with E-state index in [1.54, 1.807) is 6.07 Å². The summed E-state index contributed by atoms with van der Waals surface area (Å²) in [6.45, 7) is 2.95. The monoisotopic (exact) mass is 273 g/mol. The smallest absolute Gasteiger partial charge is 0.337 e. The number of oxazole rings is 1. The minimum Gasteiger partial charge on any atom is -0.478 e. The molecule has 102 valence electrons. The molecule has 1 N–H and O–H groups in total. The molecule has 0 aliphatic heterocycles. The van der Waals surface area contributed by atoms with Gasteiger partial charge >= 0.3 is 5.97 Å². The van der Waals surface area contributed by atoms with Gasteiger partial charge < -0.3 is 14.1 Å². The summed E-state index contributed by atoms with van der Waals surface area (Å²) in [5.74, 6) is -0.920. The number of rotatable bonds is 3. The van der Waals surface area contributed by atoms with Crippen LogP contribution in [-0.2, 0) is 6.54 Å². The van der Waals surface area contributed by atoms with E-state index in [0.29, 0.717) is 0 Å². The summed E-state index contributed by atoms with van der Waals surface area (Å²) < 4.78 is 6.23. The van der Waals surface area contributed by atoms with Gasteiger partial charge in [-0.25, -0.2) is 9.78 Å². The van der Waals surface area contributed by atoms with Crippen LogP contribution in [0.4, 0.5) is 0 Å². The molecule has 2 heterocycles. The Morgan fingerprint density at radius 1 is 1.55 bits per heavy atom. The number of carboxylic acid groups (broad SMARTS) is 1. The second-order valence-corrected chi connectivity index (χ2v) is 4.19. The van der Waals surface area contributed by atoms with Crippen LogP contribution in [0.1, 0.15) is 33.1 Å². The van der Waals surface area contributed by atoms with Crippen LogP contribution < -0.4 is 5.56 Å². The average molecular weight is 273 g/mol. The van der Waals surface area contributed by atoms with Crippen LogP contribution >= 0.6 is 0 Å². The highest BCUT2D eigenvalue weighted by Crippen LogP contribution is 2.16. The highest BCUT2D eigenvalue weighted by molar-refractivity contribution is 5.91. The van der Waals surface area contributed by atoms with Crippen LogP contribution in [0.2, 0.25) is 0 Å². The first-order chi connectivity index (χ1) is 9.47. The van der Waals surface area contributed by atoms with Crippen molar-refractivity contribution < 1.29 is 14.3 Å². The molecule has 7 heteroatoms. The molecule has 0 saturated heterocycles. The van der Waals surface area contributed by atoms with Crippen LogP contribution in [0, 0.1) is 25.2 Å². The molecule has 0 unspecified atom stereocenters. The first-order valence-electron chi connectivity index (χ1n) is 5.73. The van der Waals surface area contributed by atoms with Gasteiger partial charge in [0.15, 0.2) is 0 Å². The van der Waals surface area contributed by atoms with Crippen LogP contribution in [0.3, 0.4) is 0 Å². The molecule has 0 aliphatic carbocycles. The van der Waals surface area contributed by atoms with E-state index >= 15 is 0 Å². The Hall–Kier alpha value is -2.88. The fourth-order valence-electron chi connectivity index (χ4n) is 2.08. The van der Waals surface area contributed by atoms with Gasteiger partial charge in [-0.3, -0.25) is 4.79 Å². The zero-order chi connectivity index (χ0) is 14.9. The molecule has 0 atom stereocenters. The van der Waals surface area contributed by atoms with E-state index in [1.807, 2.05) is 0 Å². The number of aromatic nitrogens is 2. The molecule has 2 aromatic rings. The van der Waals surface area contributed by atoms with E-state index in [0.717, 1.165) is 0 Å². The number of carbonyl (C=O) groups is 1. The molecule has 0 amide bonds. The fraction of sp³-hybridized carbons (Fsp3) is 0.231. The molecule has 20 heavy (non-hydrogen) atoms. The van der Waals surface area contributed by atoms with Crippen molar-refractivity contribution in [1.29, 1.82) is 5.26 Å². The van der Waals surface area contributed by atoms with Crippen molar-refractivity contribution in [3.8, 4) is 6.07 Å². The number of pyridine rings is 1. The summed E-state index contributed by atoms with van der Waals surface area (Å²) in [6, 6.07) is 1.76. The maximum absolute atomic E-state index is 12.2. The molecule has 0 bridgehead atoms. The fourth-order valence-corrected chi connectivity index (χ4v) is 2.08. The van der Waals surface area contributed by atoms with Gasteiger partial charge in [-0.15, -0.1) is 0 Å². The van der Waals surface area contributed by atoms with Crippen molar-refractivity contribution in [2.24, 2.45) is 0 Å². The largest absolute Gasteiger partial charge is 0.478 e. The molecule has 0 saturated carbocycles. The summed E-state index contributed by atoms with van der Waals surface area (Å²) in [4.78, 5) is 27.4. The highest BCUT2D eigenvalue weighted by atomic mass is 16.4. The molecule has 0 aliphatic rings. The van der Waals surface area contributed by atoms with Crippen molar-refractivity contribution in [3.05, 3.63) is 51.1 Å². The second-order valence-electron chi connectivity index (χ2n) is 4.19. The van der Waals surface area contributed by atoms with Crippen LogP contribution in [0.5, 0.6) is 0 Å². The third-order valence-electron chi connectivity index (χ3n) is 3.08. The second kappa shape index (κ2) is 5.01. The maximum atomic E-state index is 12.2. The zero-order valence-electron chi connectivity index (χ0n) is 10.9. The van der Waals surface area contributed by atoms with Gasteiger partial charge in [0.25, 0.3) is 5.56 Å². The Bertz CT molecular complexity index is 766. The Kier molecular flexibility index (Phi) is 3.39. The summed E-state index contributed by atoms with van der Waals surface area (Å²) in [5.41, 5.74) is -0.346. The third kappa shape index (κ3) is 2.07. The summed E-state index contributed by atoms with van der Waals surface area (Å²) in [7, 11) is 0. The lowest BCUT2D eigenvalue weighted by atomic mass is 10.0. The zero-order valence-corrected chi connectivity index (χ0v) is 10.9. The Labute approximate surface area is 113 Å². The molecule has 7 nitrogen and oxygen atoms in total. The summed E-state index contributed by atoms with van der Waals surface area (Å²) >= 11 is 0. The molecule has 0 aromatic carbocycles. The first kappa shape index (κ1) is 13.5. The van der Waals surface area contributed by atoms with Gasteiger partial charge in [0.05, 0.1) is 11.8 Å². The predicted octanol–water partition coefficient (Wildman–Crippen LogP) is 1.07. The van der Waals surface area contributed by atoms with Crippen molar-refractivity contribution in [1.82, 2.24) is 9.55 Å². The normalized spacial score (nSPS) is 10.2. The summed E-state index contributed by atoms with van der Waals surface area (Å²) in [6.07, 6.45) is 2.78. The van der Waals surface area contributed by atoms with Crippen LogP contribution in [0.25, 0.3) is 0 Å². The number of carboxylic acids is 1. The van der Waals surface area contributed by atoms with Crippen molar-refractivity contribution in [2.45, 2.75) is 20.4 Å². The predicted molar refractivity (Wildman–Crippen MR) is 67.5 cm³/mol. The summed E-state index contributed by atoms with van der Waals surface area (Å²) in [5, 5.41) is 18.3. The van der Waals surface area contributed by atoms with Gasteiger partial charge in [0.1, 0.15) is 24.4 Å². The minimum atomic E-state index is -1.18. The molecule has 2 rings (SSSR count). The lowest BCUT2D eigenvalue weighted by molar-refractivity contribution is 0.0694. The van der Waals surface area contributed by atoms with Gasteiger partial charge in [-0.1, -0.05) is 0 Å². The van der Waals surface area contributed by atoms with E-state index in [1.165, 1.54) is 30.9 Å². The van der Waals surface area contributed by atoms with Crippen molar-refractivity contribution >= 4 is 5.97 Å². The highest BCUT2D eigenvalue weighted by Gasteiger charge is 2.21. The lowest BCUT2D eigenvalue weighted by Crippen LogP contribution is -2.29. The van der Waals surface area contributed by atoms with E-state index < -0.39 is 11.5 Å². The molecule has 2 aromatic heterocycles. The van der Waals surface area contributed by atoms with Crippen LogP contribution in [-0.4, -0.2) is 20.6 Å². The molecule has 0 radical (unpaired) electrons. The van der Waals surface area contributed by atoms with E-state index in [4.69, 9.17) is 9.68 Å². The molecule has 0 fully saturated rings. The molecular weight excluding hydrogens is 262 g/mol. The van der Waals surface area contributed by atoms with Crippen LogP contribution in [0.15, 0.2) is 21.7 Å². The third-order valence-corrected chi connectivity index (χ3v) is 3.08. The topological polar surface area (TPSA) is 109 Å². The number of hydrogen-bond donors (Lipinski definition) is 1. The van der Waals surface area contributed by atoms with Gasteiger partial charge in [0, 0.05) is 5.69 Å². The average Bonchev–Trinajstić information content (AvgIpc) is 2.87. The maximum Gasteiger partial charge on any atom is 0.337 e. The van der Waals surface area contributed by atoms with Crippen molar-refractivity contribution in [2.75, 3.05) is 0 Å². The quantitative estimate of drug-likeness (QED) is 0.895. The van der Waals surface area contributed by atoms with Gasteiger partial charge in [0.2, 0.25) is 5.89 Å². The number of nitriles is 1. The Morgan fingerprint density at radius 3 is 2.75 bits per heavy atom. The molecule has 0 spiro atoms. The lowest BCUT2D eigenvalue weighted by Gasteiger charge is -2.14. The Morgan fingerprint density at radius 2 is 2.25 bits per heavy atom. The van der Waals surface area contributed by atoms with Gasteiger partial charge in [-0.05, 0) is 19.4 Å². The van der Waals surface area contributed by atoms with Gasteiger partial charge in [-0.2, -0.15) is 5.26 Å². The number of hydrogen-bond acceptors (Lipinski definition) is 5. The number of aromatic carboxylic acids is 1. The van der Waals surface area contributed by atoms with E-state index in [2.05, 4.69) is 4.98 Å². The standard InChI is InChI=1S/C13H11N3O4/c1-7-9(5-14)12(17)16(6-10-15-3-4-20-10)8(2)11(7)13(18)19/h3-4H,6H2,1-2H3,(H,18,19). The van der Waals surface area contributed by atoms with E-state index in [9.17, 15) is 14.7 Å². The van der Waals surface area contributed by atoms with E-state index in [-0.39, 0.29) is 34.8 Å². The Balaban J connectivity index is 2.74. The minimum absolute atomic E-state index is 0.0209. The molecular formula is C13H11N3O4. The first-order valence-corrected chi connectivity index (χ1v) is 5.73. The number of nitrogens with zero attached hydrogens (tertiary/aromatic N) is 3. The van der Waals surface area contributed by atoms with Crippen molar-refractivity contribution in [3.63, 3.8) is 0 Å². The SMILES string of the molecule is Cc1c(C(=O)O)c(C)n(Cc2ncco2)c(=O)c1C#N.